The Morgan fingerprint density at radius 1 is 0.789 bits per heavy atom. The molecule has 0 radical (unpaired) electrons. The normalized spacial score (nSPS) is 10.1. The van der Waals surface area contributed by atoms with Gasteiger partial charge in [-0.15, -0.1) is 0 Å². The zero-order valence-electron chi connectivity index (χ0n) is 23.3. The maximum absolute atomic E-state index is 10.4. The number of aliphatic carboxylic acids is 2. The van der Waals surface area contributed by atoms with Crippen molar-refractivity contribution in [3.63, 3.8) is 0 Å². The highest BCUT2D eigenvalue weighted by Crippen LogP contribution is 2.51. The molecule has 0 aliphatic heterocycles. The molecule has 0 saturated carbocycles. The van der Waals surface area contributed by atoms with E-state index < -0.39 is 17.4 Å². The third-order valence-corrected chi connectivity index (χ3v) is 5.00. The van der Waals surface area contributed by atoms with Crippen LogP contribution in [0.4, 0.5) is 0 Å². The van der Waals surface area contributed by atoms with E-state index in [-0.39, 0.29) is 22.6 Å². The lowest BCUT2D eigenvalue weighted by molar-refractivity contribution is -0.133. The minimum absolute atomic E-state index is 0.0102. The number of carboxylic acids is 2. The van der Waals surface area contributed by atoms with E-state index in [1.165, 1.54) is 13.8 Å². The number of phenols is 2. The van der Waals surface area contributed by atoms with Gasteiger partial charge >= 0.3 is 11.9 Å². The summed E-state index contributed by atoms with van der Waals surface area (Å²) in [6.07, 6.45) is 0. The van der Waals surface area contributed by atoms with E-state index in [0.29, 0.717) is 37.1 Å². The van der Waals surface area contributed by atoms with Crippen LogP contribution >= 0.6 is 0 Å². The Labute approximate surface area is 224 Å². The van der Waals surface area contributed by atoms with Gasteiger partial charge in [0, 0.05) is 22.6 Å². The van der Waals surface area contributed by atoms with Gasteiger partial charge in [0.05, 0.1) is 25.4 Å². The van der Waals surface area contributed by atoms with Crippen LogP contribution in [0.2, 0.25) is 0 Å². The lowest BCUT2D eigenvalue weighted by Crippen LogP contribution is -2.22. The standard InChI is InChI=1S/C21H28O5.2C4H6O2/c1-6-24-17-13-16(23)19(25-7-2)20(26-8-3)18(17)21(4,5)14-9-11-15(22)12-10-14;2*1-3(2)4(5)6/h9-13,22-23H,6-8H2,1-5H3;2*1H2,2H3,(H,5,6). The summed E-state index contributed by atoms with van der Waals surface area (Å²) in [7, 11) is 0. The smallest absolute Gasteiger partial charge is 0.330 e. The summed E-state index contributed by atoms with van der Waals surface area (Å²) in [5.74, 6) is -0.320. The van der Waals surface area contributed by atoms with Gasteiger partial charge in [-0.25, -0.2) is 9.59 Å². The van der Waals surface area contributed by atoms with Gasteiger partial charge < -0.3 is 34.6 Å². The molecule has 0 amide bonds. The van der Waals surface area contributed by atoms with Crippen molar-refractivity contribution in [2.45, 2.75) is 53.9 Å². The SMILES string of the molecule is C=C(C)C(=O)O.C=C(C)C(=O)O.CCOc1cc(O)c(OCC)c(OCC)c1C(C)(C)c1ccc(O)cc1. The molecule has 0 aliphatic rings. The molecule has 0 saturated heterocycles. The first-order valence-electron chi connectivity index (χ1n) is 12.0. The highest BCUT2D eigenvalue weighted by molar-refractivity contribution is 5.85. The van der Waals surface area contributed by atoms with Gasteiger partial charge in [0.2, 0.25) is 5.75 Å². The van der Waals surface area contributed by atoms with E-state index in [0.717, 1.165) is 11.1 Å². The van der Waals surface area contributed by atoms with Gasteiger partial charge in [-0.2, -0.15) is 0 Å². The Morgan fingerprint density at radius 2 is 1.18 bits per heavy atom. The van der Waals surface area contributed by atoms with Crippen LogP contribution in [0.5, 0.6) is 28.7 Å². The summed E-state index contributed by atoms with van der Waals surface area (Å²) in [4.78, 5) is 19.2. The number of hydrogen-bond acceptors (Lipinski definition) is 7. The molecular formula is C29H40O9. The van der Waals surface area contributed by atoms with Gasteiger partial charge in [0.15, 0.2) is 11.5 Å². The molecule has 0 atom stereocenters. The molecule has 0 aromatic heterocycles. The molecule has 2 aromatic carbocycles. The molecule has 38 heavy (non-hydrogen) atoms. The Bertz CT molecular complexity index is 1050. The fourth-order valence-corrected chi connectivity index (χ4v) is 3.05. The lowest BCUT2D eigenvalue weighted by atomic mass is 9.77. The van der Waals surface area contributed by atoms with Crippen LogP contribution in [0.25, 0.3) is 0 Å². The summed E-state index contributed by atoms with van der Waals surface area (Å²) in [6.45, 7) is 20.2. The second-order valence-corrected chi connectivity index (χ2v) is 8.57. The van der Waals surface area contributed by atoms with Crippen LogP contribution in [-0.2, 0) is 15.0 Å². The van der Waals surface area contributed by atoms with E-state index in [9.17, 15) is 19.8 Å². The number of carbonyl (C=O) groups is 2. The van der Waals surface area contributed by atoms with Crippen molar-refractivity contribution in [2.75, 3.05) is 19.8 Å². The minimum Gasteiger partial charge on any atom is -0.508 e. The van der Waals surface area contributed by atoms with Gasteiger partial charge in [0.1, 0.15) is 11.5 Å². The van der Waals surface area contributed by atoms with Gasteiger partial charge in [-0.3, -0.25) is 0 Å². The molecule has 0 bridgehead atoms. The monoisotopic (exact) mass is 532 g/mol. The first kappa shape index (κ1) is 33.9. The molecule has 0 fully saturated rings. The maximum Gasteiger partial charge on any atom is 0.330 e. The summed E-state index contributed by atoms with van der Waals surface area (Å²) in [5.41, 5.74) is 1.62. The third-order valence-electron chi connectivity index (χ3n) is 5.00. The largest absolute Gasteiger partial charge is 0.508 e. The Morgan fingerprint density at radius 3 is 1.55 bits per heavy atom. The van der Waals surface area contributed by atoms with E-state index in [1.54, 1.807) is 18.2 Å². The number of rotatable bonds is 10. The second kappa shape index (κ2) is 15.9. The quantitative estimate of drug-likeness (QED) is 0.274. The van der Waals surface area contributed by atoms with Crippen LogP contribution in [0.15, 0.2) is 54.6 Å². The topological polar surface area (TPSA) is 143 Å². The van der Waals surface area contributed by atoms with Crippen molar-refractivity contribution in [1.82, 2.24) is 0 Å². The summed E-state index contributed by atoms with van der Waals surface area (Å²) in [6, 6.07) is 8.62. The average molecular weight is 533 g/mol. The molecule has 4 N–H and O–H groups in total. The molecule has 0 heterocycles. The van der Waals surface area contributed by atoms with Crippen LogP contribution in [-0.4, -0.2) is 52.2 Å². The zero-order chi connectivity index (χ0) is 29.6. The number of ether oxygens (including phenoxy) is 3. The highest BCUT2D eigenvalue weighted by Gasteiger charge is 2.34. The van der Waals surface area contributed by atoms with E-state index >= 15 is 0 Å². The van der Waals surface area contributed by atoms with Crippen LogP contribution in [0.3, 0.4) is 0 Å². The first-order chi connectivity index (χ1) is 17.6. The first-order valence-corrected chi connectivity index (χ1v) is 12.0. The Kier molecular flexibility index (Phi) is 14.1. The molecule has 2 aromatic rings. The number of carboxylic acid groups (broad SMARTS) is 2. The molecule has 9 heteroatoms. The predicted octanol–water partition coefficient (Wildman–Crippen LogP) is 5.91. The van der Waals surface area contributed by atoms with E-state index in [2.05, 4.69) is 13.2 Å². The van der Waals surface area contributed by atoms with E-state index in [4.69, 9.17) is 24.4 Å². The van der Waals surface area contributed by atoms with Crippen molar-refractivity contribution in [3.8, 4) is 28.7 Å². The Hall–Kier alpha value is -4.14. The van der Waals surface area contributed by atoms with Crippen molar-refractivity contribution >= 4 is 11.9 Å². The number of phenolic OH excluding ortho intramolecular Hbond substituents is 2. The fraction of sp³-hybridized carbons (Fsp3) is 0.379. The average Bonchev–Trinajstić information content (AvgIpc) is 2.82. The number of benzene rings is 2. The summed E-state index contributed by atoms with van der Waals surface area (Å²) < 4.78 is 17.4. The van der Waals surface area contributed by atoms with Crippen LogP contribution in [0.1, 0.15) is 59.6 Å². The fourth-order valence-electron chi connectivity index (χ4n) is 3.05. The third kappa shape index (κ3) is 10.1. The number of hydrogen-bond donors (Lipinski definition) is 4. The molecular weight excluding hydrogens is 492 g/mol. The molecule has 0 aliphatic carbocycles. The maximum atomic E-state index is 10.4. The van der Waals surface area contributed by atoms with Crippen molar-refractivity contribution in [1.29, 1.82) is 0 Å². The van der Waals surface area contributed by atoms with Gasteiger partial charge in [0.25, 0.3) is 0 Å². The van der Waals surface area contributed by atoms with Crippen molar-refractivity contribution < 1.29 is 44.2 Å². The van der Waals surface area contributed by atoms with Crippen LogP contribution < -0.4 is 14.2 Å². The summed E-state index contributed by atoms with van der Waals surface area (Å²) in [5, 5.41) is 35.8. The van der Waals surface area contributed by atoms with Crippen molar-refractivity contribution in [2.24, 2.45) is 0 Å². The molecule has 210 valence electrons. The molecule has 2 rings (SSSR count). The zero-order valence-corrected chi connectivity index (χ0v) is 23.3. The number of aromatic hydroxyl groups is 2. The minimum atomic E-state index is -0.935. The van der Waals surface area contributed by atoms with Crippen LogP contribution in [0, 0.1) is 0 Å². The van der Waals surface area contributed by atoms with Crippen molar-refractivity contribution in [3.05, 3.63) is 65.8 Å². The highest BCUT2D eigenvalue weighted by atomic mass is 16.5. The second-order valence-electron chi connectivity index (χ2n) is 8.57. The molecule has 9 nitrogen and oxygen atoms in total. The van der Waals surface area contributed by atoms with Gasteiger partial charge in [-0.1, -0.05) is 39.1 Å². The van der Waals surface area contributed by atoms with Gasteiger partial charge in [-0.05, 0) is 52.3 Å². The summed E-state index contributed by atoms with van der Waals surface area (Å²) >= 11 is 0. The Balaban J connectivity index is 0.000000948. The molecule has 0 unspecified atom stereocenters. The lowest BCUT2D eigenvalue weighted by Gasteiger charge is -2.31. The van der Waals surface area contributed by atoms with E-state index in [1.807, 2.05) is 46.8 Å². The molecule has 0 spiro atoms. The predicted molar refractivity (Wildman–Crippen MR) is 147 cm³/mol.